The number of rotatable bonds is 7. The molecule has 1 amide bonds. The van der Waals surface area contributed by atoms with Crippen LogP contribution in [0.4, 0.5) is 0 Å². The minimum Gasteiger partial charge on any atom is -0.492 e. The molecule has 6 nitrogen and oxygen atoms in total. The van der Waals surface area contributed by atoms with Crippen molar-refractivity contribution in [2.75, 3.05) is 26.2 Å². The van der Waals surface area contributed by atoms with Crippen LogP contribution in [0.3, 0.4) is 0 Å². The quantitative estimate of drug-likeness (QED) is 0.783. The highest BCUT2D eigenvalue weighted by molar-refractivity contribution is 5.94. The van der Waals surface area contributed by atoms with E-state index in [4.69, 9.17) is 15.6 Å². The number of carbonyl (C=O) groups is 2. The van der Waals surface area contributed by atoms with E-state index in [1.54, 1.807) is 30.3 Å². The van der Waals surface area contributed by atoms with Crippen LogP contribution in [-0.4, -0.2) is 48.1 Å². The first-order valence-electron chi connectivity index (χ1n) is 9.11. The smallest absolute Gasteiger partial charge is 0.335 e. The number of aromatic carboxylic acids is 1. The van der Waals surface area contributed by atoms with Crippen molar-refractivity contribution in [2.24, 2.45) is 11.7 Å². The Morgan fingerprint density at radius 2 is 1.93 bits per heavy atom. The van der Waals surface area contributed by atoms with Gasteiger partial charge in [0.2, 0.25) is 0 Å². The van der Waals surface area contributed by atoms with Gasteiger partial charge in [-0.15, -0.1) is 0 Å². The van der Waals surface area contributed by atoms with Gasteiger partial charge in [-0.3, -0.25) is 4.79 Å². The highest BCUT2D eigenvalue weighted by Crippen LogP contribution is 2.24. The van der Waals surface area contributed by atoms with Crippen molar-refractivity contribution in [1.82, 2.24) is 4.90 Å². The Bertz CT molecular complexity index is 821. The molecule has 3 rings (SSSR count). The van der Waals surface area contributed by atoms with Crippen LogP contribution in [-0.2, 0) is 6.42 Å². The van der Waals surface area contributed by atoms with Crippen molar-refractivity contribution >= 4 is 11.9 Å². The summed E-state index contributed by atoms with van der Waals surface area (Å²) in [6.45, 7) is 2.22. The molecule has 1 heterocycles. The molecule has 0 saturated carbocycles. The lowest BCUT2D eigenvalue weighted by Crippen LogP contribution is -2.29. The van der Waals surface area contributed by atoms with Crippen LogP contribution in [0.1, 0.15) is 32.7 Å². The number of carboxylic acid groups (broad SMARTS) is 1. The van der Waals surface area contributed by atoms with Gasteiger partial charge in [-0.25, -0.2) is 4.79 Å². The SMILES string of the molecule is NCCOc1cccc(C(=O)N2CCC(Cc3cccc(C(=O)O)c3)C2)c1. The maximum Gasteiger partial charge on any atom is 0.335 e. The van der Waals surface area contributed by atoms with Crippen molar-refractivity contribution < 1.29 is 19.4 Å². The Morgan fingerprint density at radius 1 is 1.15 bits per heavy atom. The Morgan fingerprint density at radius 3 is 2.70 bits per heavy atom. The molecule has 1 saturated heterocycles. The Kier molecular flexibility index (Phi) is 6.08. The fourth-order valence-corrected chi connectivity index (χ4v) is 3.43. The zero-order chi connectivity index (χ0) is 19.2. The molecule has 0 spiro atoms. The molecule has 0 bridgehead atoms. The molecule has 0 radical (unpaired) electrons. The third-order valence-electron chi connectivity index (χ3n) is 4.74. The number of likely N-dealkylation sites (tertiary alicyclic amines) is 1. The molecule has 27 heavy (non-hydrogen) atoms. The number of amides is 1. The number of ether oxygens (including phenoxy) is 1. The molecule has 1 fully saturated rings. The van der Waals surface area contributed by atoms with E-state index in [9.17, 15) is 9.59 Å². The van der Waals surface area contributed by atoms with Crippen molar-refractivity contribution in [3.63, 3.8) is 0 Å². The highest BCUT2D eigenvalue weighted by Gasteiger charge is 2.27. The first-order chi connectivity index (χ1) is 13.1. The Balaban J connectivity index is 1.61. The molecule has 3 N–H and O–H groups in total. The summed E-state index contributed by atoms with van der Waals surface area (Å²) in [5.74, 6) is 0.0500. The first kappa shape index (κ1) is 18.9. The van der Waals surface area contributed by atoms with Gasteiger partial charge < -0.3 is 20.5 Å². The topological polar surface area (TPSA) is 92.9 Å². The molecule has 6 heteroatoms. The van der Waals surface area contributed by atoms with Crippen LogP contribution >= 0.6 is 0 Å². The first-order valence-corrected chi connectivity index (χ1v) is 9.11. The normalized spacial score (nSPS) is 16.3. The number of nitrogens with two attached hydrogens (primary N) is 1. The molecular formula is C21H24N2O4. The molecule has 1 unspecified atom stereocenters. The van der Waals surface area contributed by atoms with Gasteiger partial charge in [0.1, 0.15) is 12.4 Å². The second-order valence-electron chi connectivity index (χ2n) is 6.78. The number of hydrogen-bond acceptors (Lipinski definition) is 4. The van der Waals surface area contributed by atoms with Crippen LogP contribution in [0.25, 0.3) is 0 Å². The number of nitrogens with zero attached hydrogens (tertiary/aromatic N) is 1. The summed E-state index contributed by atoms with van der Waals surface area (Å²) in [6.07, 6.45) is 1.68. The summed E-state index contributed by atoms with van der Waals surface area (Å²) in [7, 11) is 0. The van der Waals surface area contributed by atoms with E-state index in [1.807, 2.05) is 23.1 Å². The van der Waals surface area contributed by atoms with Crippen LogP contribution in [0.15, 0.2) is 48.5 Å². The predicted molar refractivity (Wildman–Crippen MR) is 102 cm³/mol. The van der Waals surface area contributed by atoms with Gasteiger partial charge in [-0.05, 0) is 54.7 Å². The Hall–Kier alpha value is -2.86. The fourth-order valence-electron chi connectivity index (χ4n) is 3.43. The largest absolute Gasteiger partial charge is 0.492 e. The average Bonchev–Trinajstić information content (AvgIpc) is 3.14. The van der Waals surface area contributed by atoms with E-state index >= 15 is 0 Å². The lowest BCUT2D eigenvalue weighted by molar-refractivity contribution is 0.0696. The number of carbonyl (C=O) groups excluding carboxylic acids is 1. The monoisotopic (exact) mass is 368 g/mol. The number of hydrogen-bond donors (Lipinski definition) is 2. The molecule has 1 atom stereocenters. The van der Waals surface area contributed by atoms with E-state index in [2.05, 4.69) is 0 Å². The molecule has 1 aliphatic heterocycles. The lowest BCUT2D eigenvalue weighted by Gasteiger charge is -2.17. The summed E-state index contributed by atoms with van der Waals surface area (Å²) in [4.78, 5) is 25.7. The van der Waals surface area contributed by atoms with Gasteiger partial charge in [0.05, 0.1) is 5.56 Å². The van der Waals surface area contributed by atoms with Gasteiger partial charge in [-0.1, -0.05) is 18.2 Å². The molecule has 1 aliphatic rings. The third-order valence-corrected chi connectivity index (χ3v) is 4.74. The van der Waals surface area contributed by atoms with E-state index in [0.717, 1.165) is 18.4 Å². The van der Waals surface area contributed by atoms with Gasteiger partial charge >= 0.3 is 5.97 Å². The van der Waals surface area contributed by atoms with E-state index < -0.39 is 5.97 Å². The van der Waals surface area contributed by atoms with Crippen LogP contribution in [0, 0.1) is 5.92 Å². The zero-order valence-corrected chi connectivity index (χ0v) is 15.1. The molecule has 2 aromatic carbocycles. The molecular weight excluding hydrogens is 344 g/mol. The molecule has 142 valence electrons. The van der Waals surface area contributed by atoms with Crippen molar-refractivity contribution in [2.45, 2.75) is 12.8 Å². The maximum absolute atomic E-state index is 12.8. The highest BCUT2D eigenvalue weighted by atomic mass is 16.5. The minimum atomic E-state index is -0.920. The van der Waals surface area contributed by atoms with E-state index in [0.29, 0.717) is 49.0 Å². The van der Waals surface area contributed by atoms with Gasteiger partial charge in [0.25, 0.3) is 5.91 Å². The predicted octanol–water partition coefficient (Wildman–Crippen LogP) is 2.43. The number of carboxylic acids is 1. The van der Waals surface area contributed by atoms with Crippen molar-refractivity contribution in [1.29, 1.82) is 0 Å². The van der Waals surface area contributed by atoms with E-state index in [-0.39, 0.29) is 5.91 Å². The third kappa shape index (κ3) is 4.86. The second kappa shape index (κ2) is 8.68. The van der Waals surface area contributed by atoms with Crippen molar-refractivity contribution in [3.05, 3.63) is 65.2 Å². The summed E-state index contributed by atoms with van der Waals surface area (Å²) < 4.78 is 5.50. The lowest BCUT2D eigenvalue weighted by atomic mass is 9.97. The molecule has 2 aromatic rings. The molecule has 0 aromatic heterocycles. The Labute approximate surface area is 158 Å². The summed E-state index contributed by atoms with van der Waals surface area (Å²) in [5.41, 5.74) is 7.35. The van der Waals surface area contributed by atoms with Gasteiger partial charge in [0.15, 0.2) is 0 Å². The number of benzene rings is 2. The summed E-state index contributed by atoms with van der Waals surface area (Å²) in [5, 5.41) is 9.12. The van der Waals surface area contributed by atoms with Gasteiger partial charge in [-0.2, -0.15) is 0 Å². The maximum atomic E-state index is 12.8. The molecule has 0 aliphatic carbocycles. The average molecular weight is 368 g/mol. The van der Waals surface area contributed by atoms with Gasteiger partial charge in [0, 0.05) is 25.2 Å². The fraction of sp³-hybridized carbons (Fsp3) is 0.333. The summed E-state index contributed by atoms with van der Waals surface area (Å²) >= 11 is 0. The zero-order valence-electron chi connectivity index (χ0n) is 15.1. The minimum absolute atomic E-state index is 0.00464. The second-order valence-corrected chi connectivity index (χ2v) is 6.78. The van der Waals surface area contributed by atoms with Crippen molar-refractivity contribution in [3.8, 4) is 5.75 Å². The van der Waals surface area contributed by atoms with E-state index in [1.165, 1.54) is 0 Å². The van der Waals surface area contributed by atoms with Crippen LogP contribution in [0.5, 0.6) is 5.75 Å². The summed E-state index contributed by atoms with van der Waals surface area (Å²) in [6, 6.07) is 14.2. The standard InChI is InChI=1S/C21H24N2O4/c22-8-10-27-19-6-2-4-17(13-19)20(24)23-9-7-16(14-23)11-15-3-1-5-18(12-15)21(25)26/h1-6,12-13,16H,7-11,14,22H2,(H,25,26). The van der Waals surface area contributed by atoms with Crippen LogP contribution < -0.4 is 10.5 Å². The van der Waals surface area contributed by atoms with Crippen LogP contribution in [0.2, 0.25) is 0 Å².